The normalized spacial score (nSPS) is 14.8. The topological polar surface area (TPSA) is 24.7 Å². The van der Waals surface area contributed by atoms with Crippen LogP contribution in [0.2, 0.25) is 0 Å². The van der Waals surface area contributed by atoms with E-state index in [1.807, 2.05) is 6.08 Å². The molecule has 0 aromatic heterocycles. The lowest BCUT2D eigenvalue weighted by Crippen LogP contribution is -2.05. The second kappa shape index (κ2) is 20.9. The summed E-state index contributed by atoms with van der Waals surface area (Å²) in [6.07, 6.45) is 21.2. The molecule has 7 rings (SSSR count). The van der Waals surface area contributed by atoms with Crippen molar-refractivity contribution >= 4 is 61.8 Å². The van der Waals surface area contributed by atoms with Crippen molar-refractivity contribution in [3.63, 3.8) is 0 Å². The van der Waals surface area contributed by atoms with Crippen molar-refractivity contribution in [3.05, 3.63) is 150 Å². The molecule has 2 aliphatic rings. The zero-order valence-electron chi connectivity index (χ0n) is 36.8. The van der Waals surface area contributed by atoms with Crippen molar-refractivity contribution in [2.45, 2.75) is 116 Å². The Balaban J connectivity index is 1.27. The van der Waals surface area contributed by atoms with Crippen molar-refractivity contribution in [3.8, 4) is 11.1 Å². The van der Waals surface area contributed by atoms with Gasteiger partial charge in [0, 0.05) is 42.8 Å². The zero-order valence-corrected chi connectivity index (χ0v) is 38.5. The zero-order chi connectivity index (χ0) is 42.0. The van der Waals surface area contributed by atoms with Gasteiger partial charge < -0.3 is 0 Å². The van der Waals surface area contributed by atoms with Gasteiger partial charge in [0.15, 0.2) is 0 Å². The summed E-state index contributed by atoms with van der Waals surface area (Å²) in [4.78, 5) is 13.5. The predicted molar refractivity (Wildman–Crippen MR) is 267 cm³/mol. The number of hydrogen-bond acceptors (Lipinski definition) is 4. The first-order valence-corrected chi connectivity index (χ1v) is 24.2. The van der Waals surface area contributed by atoms with Crippen molar-refractivity contribution in [2.75, 3.05) is 0 Å². The molecular weight excluding hydrogens is 765 g/mol. The maximum absolute atomic E-state index is 5.52. The van der Waals surface area contributed by atoms with Gasteiger partial charge in [0.25, 0.3) is 0 Å². The molecule has 2 atom stereocenters. The van der Waals surface area contributed by atoms with Gasteiger partial charge in [-0.15, -0.1) is 0 Å². The number of aryl methyl sites for hydroxylation is 1. The summed E-state index contributed by atoms with van der Waals surface area (Å²) in [6.45, 7) is 18.3. The van der Waals surface area contributed by atoms with Crippen LogP contribution in [0.15, 0.2) is 147 Å². The SMILES string of the molecule is C=C/C(=C\C=C\c1cc2c3c(c(-c4ccc(CCC(C)CCCC(C)C)cc4)cc4c3c1N=C(c1ccccc1)S4)N=C(c1ccccc1)S2)CCC(C)CCCC(C)C. The molecule has 310 valence electrons. The van der Waals surface area contributed by atoms with Crippen LogP contribution in [0, 0.1) is 23.7 Å². The largest absolute Gasteiger partial charge is 0.240 e. The van der Waals surface area contributed by atoms with E-state index in [0.29, 0.717) is 5.92 Å². The first-order valence-electron chi connectivity index (χ1n) is 22.6. The first kappa shape index (κ1) is 43.7. The molecule has 0 amide bonds. The molecule has 2 heterocycles. The minimum atomic E-state index is 0.711. The highest BCUT2D eigenvalue weighted by molar-refractivity contribution is 8.15. The van der Waals surface area contributed by atoms with Crippen LogP contribution in [-0.4, -0.2) is 10.1 Å². The molecule has 5 aromatic rings. The predicted octanol–water partition coefficient (Wildman–Crippen LogP) is 17.6. The fourth-order valence-corrected chi connectivity index (χ4v) is 10.6. The molecule has 2 unspecified atom stereocenters. The van der Waals surface area contributed by atoms with Gasteiger partial charge in [-0.25, -0.2) is 9.98 Å². The summed E-state index contributed by atoms with van der Waals surface area (Å²) >= 11 is 3.56. The molecule has 0 bridgehead atoms. The fourth-order valence-electron chi connectivity index (χ4n) is 8.40. The molecule has 2 aliphatic heterocycles. The van der Waals surface area contributed by atoms with E-state index < -0.39 is 0 Å². The molecule has 0 aliphatic carbocycles. The van der Waals surface area contributed by atoms with Gasteiger partial charge in [-0.05, 0) is 78.2 Å². The van der Waals surface area contributed by atoms with Crippen molar-refractivity contribution in [1.82, 2.24) is 0 Å². The lowest BCUT2D eigenvalue weighted by atomic mass is 9.92. The third-order valence-corrected chi connectivity index (χ3v) is 14.2. The summed E-state index contributed by atoms with van der Waals surface area (Å²) in [5, 5.41) is 4.45. The highest BCUT2D eigenvalue weighted by Gasteiger charge is 2.29. The van der Waals surface area contributed by atoms with Crippen LogP contribution in [0.4, 0.5) is 11.4 Å². The Morgan fingerprint density at radius 3 is 1.73 bits per heavy atom. The van der Waals surface area contributed by atoms with E-state index in [0.717, 1.165) is 68.7 Å². The van der Waals surface area contributed by atoms with E-state index in [1.54, 1.807) is 23.5 Å². The maximum Gasteiger partial charge on any atom is 0.109 e. The van der Waals surface area contributed by atoms with Gasteiger partial charge in [0.05, 0.1) is 11.4 Å². The number of aliphatic imine (C=N–C) groups is 2. The van der Waals surface area contributed by atoms with Crippen LogP contribution in [0.5, 0.6) is 0 Å². The Labute approximate surface area is 369 Å². The minimum Gasteiger partial charge on any atom is -0.240 e. The van der Waals surface area contributed by atoms with Gasteiger partial charge in [0.2, 0.25) is 0 Å². The standard InChI is InChI=1S/C56H64N2S2/c1-8-42(30-28-40(6)20-15-18-38(2)3)22-17-27-47-36-49-52-51-50(60-55(57-53(47)51)45-23-11-9-12-24-45)37-48(54(52)58-56(59-49)46-25-13-10-14-26-46)44-34-32-43(33-35-44)31-29-41(7)21-16-19-39(4)5/h8-14,17,22-27,32-41H,1,15-16,18-21,28-31H2,2-7H3/b27-17+,42-22+. The van der Waals surface area contributed by atoms with E-state index >= 15 is 0 Å². The van der Waals surface area contributed by atoms with Crippen molar-refractivity contribution in [1.29, 1.82) is 0 Å². The van der Waals surface area contributed by atoms with Gasteiger partial charge in [-0.2, -0.15) is 0 Å². The van der Waals surface area contributed by atoms with Crippen molar-refractivity contribution in [2.24, 2.45) is 33.7 Å². The Hall–Kier alpha value is -4.38. The third kappa shape index (κ3) is 11.1. The lowest BCUT2D eigenvalue weighted by molar-refractivity contribution is 0.437. The quantitative estimate of drug-likeness (QED) is 0.0730. The summed E-state index contributed by atoms with van der Waals surface area (Å²) in [6, 6.07) is 35.4. The maximum atomic E-state index is 5.52. The van der Waals surface area contributed by atoms with Crippen LogP contribution in [0.25, 0.3) is 28.0 Å². The Kier molecular flexibility index (Phi) is 15.2. The molecule has 0 N–H and O–H groups in total. The number of thioether (sulfide) groups is 2. The molecule has 2 nitrogen and oxygen atoms in total. The van der Waals surface area contributed by atoms with E-state index in [-0.39, 0.29) is 0 Å². The summed E-state index contributed by atoms with van der Waals surface area (Å²) in [5.41, 5.74) is 10.5. The molecular formula is C56H64N2S2. The highest BCUT2D eigenvalue weighted by Crippen LogP contribution is 2.55. The molecule has 0 spiro atoms. The molecule has 0 saturated heterocycles. The molecule has 0 fully saturated rings. The number of hydrogen-bond donors (Lipinski definition) is 0. The van der Waals surface area contributed by atoms with E-state index in [4.69, 9.17) is 9.98 Å². The average molecular weight is 829 g/mol. The number of rotatable bonds is 20. The van der Waals surface area contributed by atoms with Crippen molar-refractivity contribution < 1.29 is 0 Å². The third-order valence-electron chi connectivity index (χ3n) is 12.1. The Bertz CT molecular complexity index is 2360. The fraction of sp³-hybridized carbons (Fsp3) is 0.357. The van der Waals surface area contributed by atoms with Crippen LogP contribution in [-0.2, 0) is 6.42 Å². The summed E-state index contributed by atoms with van der Waals surface area (Å²) in [7, 11) is 0. The van der Waals surface area contributed by atoms with E-state index in [2.05, 4.69) is 163 Å². The van der Waals surface area contributed by atoms with Gasteiger partial charge in [-0.3, -0.25) is 0 Å². The Morgan fingerprint density at radius 2 is 1.15 bits per heavy atom. The molecule has 5 aromatic carbocycles. The molecule has 60 heavy (non-hydrogen) atoms. The lowest BCUT2D eigenvalue weighted by Gasteiger charge is -2.26. The smallest absolute Gasteiger partial charge is 0.109 e. The van der Waals surface area contributed by atoms with Gasteiger partial charge in [-0.1, -0.05) is 219 Å². The number of nitrogens with zero attached hydrogens (tertiary/aromatic N) is 2. The van der Waals surface area contributed by atoms with Gasteiger partial charge >= 0.3 is 0 Å². The first-order chi connectivity index (χ1) is 29.2. The van der Waals surface area contributed by atoms with Gasteiger partial charge in [0.1, 0.15) is 10.1 Å². The minimum absolute atomic E-state index is 0.711. The van der Waals surface area contributed by atoms with Crippen LogP contribution in [0.1, 0.15) is 122 Å². The number of allylic oxidation sites excluding steroid dienone is 4. The van der Waals surface area contributed by atoms with E-state index in [9.17, 15) is 0 Å². The van der Waals surface area contributed by atoms with Crippen LogP contribution >= 0.6 is 23.5 Å². The monoisotopic (exact) mass is 828 g/mol. The second-order valence-electron chi connectivity index (χ2n) is 18.0. The van der Waals surface area contributed by atoms with Crippen LogP contribution in [0.3, 0.4) is 0 Å². The summed E-state index contributed by atoms with van der Waals surface area (Å²) < 4.78 is 0. The second-order valence-corrected chi connectivity index (χ2v) is 20.1. The highest BCUT2D eigenvalue weighted by atomic mass is 32.2. The summed E-state index contributed by atoms with van der Waals surface area (Å²) in [5.74, 6) is 3.02. The molecule has 0 radical (unpaired) electrons. The molecule has 0 saturated carbocycles. The average Bonchev–Trinajstić information content (AvgIpc) is 3.26. The van der Waals surface area contributed by atoms with Crippen LogP contribution < -0.4 is 0 Å². The number of benzene rings is 5. The van der Waals surface area contributed by atoms with E-state index in [1.165, 1.54) is 94.2 Å². The Morgan fingerprint density at radius 1 is 0.600 bits per heavy atom. The molecule has 4 heteroatoms.